The molecule has 1 aliphatic rings. The number of ether oxygens (including phenoxy) is 3. The fourth-order valence-electron chi connectivity index (χ4n) is 3.16. The van der Waals surface area contributed by atoms with Gasteiger partial charge >= 0.3 is 6.61 Å². The van der Waals surface area contributed by atoms with Crippen molar-refractivity contribution in [2.45, 2.75) is 6.61 Å². The Labute approximate surface area is 188 Å². The molecule has 2 aromatic carbocycles. The van der Waals surface area contributed by atoms with E-state index in [-0.39, 0.29) is 17.1 Å². The van der Waals surface area contributed by atoms with Crippen LogP contribution < -0.4 is 19.7 Å². The predicted molar refractivity (Wildman–Crippen MR) is 116 cm³/mol. The highest BCUT2D eigenvalue weighted by Gasteiger charge is 2.18. The monoisotopic (exact) mass is 463 g/mol. The van der Waals surface area contributed by atoms with E-state index >= 15 is 0 Å². The maximum Gasteiger partial charge on any atom is 0.387 e. The highest BCUT2D eigenvalue weighted by atomic mass is 35.5. The van der Waals surface area contributed by atoms with Gasteiger partial charge in [-0.3, -0.25) is 4.79 Å². The van der Waals surface area contributed by atoms with Crippen LogP contribution in [0, 0.1) is 11.3 Å². The van der Waals surface area contributed by atoms with Crippen LogP contribution in [0.1, 0.15) is 5.56 Å². The predicted octanol–water partition coefficient (Wildman–Crippen LogP) is 4.33. The average molecular weight is 464 g/mol. The third-order valence-corrected chi connectivity index (χ3v) is 4.87. The summed E-state index contributed by atoms with van der Waals surface area (Å²) in [5.74, 6) is -0.756. The molecular formula is C22H20ClF2N3O4. The minimum atomic E-state index is -3.01. The summed E-state index contributed by atoms with van der Waals surface area (Å²) in [4.78, 5) is 14.9. The Morgan fingerprint density at radius 1 is 1.25 bits per heavy atom. The van der Waals surface area contributed by atoms with Crippen LogP contribution in [-0.2, 0) is 9.53 Å². The van der Waals surface area contributed by atoms with Gasteiger partial charge in [0.05, 0.1) is 31.7 Å². The van der Waals surface area contributed by atoms with Crippen LogP contribution in [0.5, 0.6) is 11.5 Å². The maximum absolute atomic E-state index is 12.8. The fraction of sp³-hybridized carbons (Fsp3) is 0.273. The number of hydrogen-bond donors (Lipinski definition) is 1. The molecule has 1 N–H and O–H groups in total. The van der Waals surface area contributed by atoms with Gasteiger partial charge in [0.1, 0.15) is 11.6 Å². The first kappa shape index (κ1) is 23.3. The normalized spacial score (nSPS) is 14.1. The molecule has 0 bridgehead atoms. The van der Waals surface area contributed by atoms with Crippen molar-refractivity contribution < 1.29 is 27.8 Å². The number of nitrogens with zero attached hydrogens (tertiary/aromatic N) is 2. The molecule has 0 spiro atoms. The standard InChI is InChI=1S/C22H20ClF2N3O4/c1-30-20-11-14(2-5-19(20)32-22(24)25)10-15(13-26)21(29)27-17-12-16(23)3-4-18(17)28-6-8-31-9-7-28/h2-5,10-12,22H,6-9H2,1H3,(H,27,29)/b15-10+. The van der Waals surface area contributed by atoms with Gasteiger partial charge in [-0.2, -0.15) is 14.0 Å². The van der Waals surface area contributed by atoms with Crippen molar-refractivity contribution in [1.82, 2.24) is 0 Å². The number of halogens is 3. The fourth-order valence-corrected chi connectivity index (χ4v) is 3.33. The molecule has 1 amide bonds. The molecule has 1 heterocycles. The maximum atomic E-state index is 12.8. The van der Waals surface area contributed by atoms with Gasteiger partial charge in [0.2, 0.25) is 0 Å². The molecule has 0 atom stereocenters. The van der Waals surface area contributed by atoms with Gasteiger partial charge in [-0.05, 0) is 42.0 Å². The topological polar surface area (TPSA) is 83.8 Å². The zero-order valence-corrected chi connectivity index (χ0v) is 17.9. The van der Waals surface area contributed by atoms with E-state index in [4.69, 9.17) is 21.1 Å². The number of methoxy groups -OCH3 is 1. The van der Waals surface area contributed by atoms with Gasteiger partial charge in [-0.25, -0.2) is 0 Å². The van der Waals surface area contributed by atoms with Crippen LogP contribution >= 0.6 is 11.6 Å². The van der Waals surface area contributed by atoms with Crippen molar-refractivity contribution >= 4 is 35.0 Å². The number of benzene rings is 2. The van der Waals surface area contributed by atoms with Crippen molar-refractivity contribution in [3.8, 4) is 17.6 Å². The number of morpholine rings is 1. The molecule has 1 aliphatic heterocycles. The minimum Gasteiger partial charge on any atom is -0.493 e. The Hall–Kier alpha value is -3.35. The Morgan fingerprint density at radius 2 is 2.00 bits per heavy atom. The Morgan fingerprint density at radius 3 is 2.66 bits per heavy atom. The van der Waals surface area contributed by atoms with E-state index in [0.717, 1.165) is 5.69 Å². The highest BCUT2D eigenvalue weighted by Crippen LogP contribution is 2.32. The number of nitrogens with one attached hydrogen (secondary N) is 1. The van der Waals surface area contributed by atoms with E-state index in [1.807, 2.05) is 6.07 Å². The van der Waals surface area contributed by atoms with Crippen molar-refractivity contribution in [2.24, 2.45) is 0 Å². The molecule has 0 unspecified atom stereocenters. The molecule has 10 heteroatoms. The van der Waals surface area contributed by atoms with Crippen molar-refractivity contribution in [3.63, 3.8) is 0 Å². The van der Waals surface area contributed by atoms with Crippen LogP contribution in [0.3, 0.4) is 0 Å². The average Bonchev–Trinajstić information content (AvgIpc) is 2.78. The molecule has 32 heavy (non-hydrogen) atoms. The molecule has 1 fully saturated rings. The van der Waals surface area contributed by atoms with Crippen LogP contribution in [-0.4, -0.2) is 45.9 Å². The highest BCUT2D eigenvalue weighted by molar-refractivity contribution is 6.31. The van der Waals surface area contributed by atoms with Crippen LogP contribution in [0.2, 0.25) is 5.02 Å². The van der Waals surface area contributed by atoms with Gasteiger partial charge in [0.25, 0.3) is 5.91 Å². The Bertz CT molecular complexity index is 1050. The molecule has 7 nitrogen and oxygen atoms in total. The smallest absolute Gasteiger partial charge is 0.387 e. The summed E-state index contributed by atoms with van der Waals surface area (Å²) in [7, 11) is 1.30. The Balaban J connectivity index is 1.85. The number of carbonyl (C=O) groups excluding carboxylic acids is 1. The molecule has 0 aliphatic carbocycles. The van der Waals surface area contributed by atoms with E-state index in [9.17, 15) is 18.8 Å². The molecule has 168 valence electrons. The van der Waals surface area contributed by atoms with Crippen molar-refractivity contribution in [2.75, 3.05) is 43.6 Å². The summed E-state index contributed by atoms with van der Waals surface area (Å²) >= 11 is 6.11. The second-order valence-corrected chi connectivity index (χ2v) is 7.11. The zero-order chi connectivity index (χ0) is 23.1. The van der Waals surface area contributed by atoms with Gasteiger partial charge in [0, 0.05) is 18.1 Å². The lowest BCUT2D eigenvalue weighted by Gasteiger charge is -2.30. The molecule has 1 saturated heterocycles. The summed E-state index contributed by atoms with van der Waals surface area (Å²) in [5, 5.41) is 12.7. The van der Waals surface area contributed by atoms with E-state index < -0.39 is 12.5 Å². The van der Waals surface area contributed by atoms with E-state index in [0.29, 0.717) is 42.6 Å². The lowest BCUT2D eigenvalue weighted by molar-refractivity contribution is -0.112. The Kier molecular flexibility index (Phi) is 7.87. The number of carbonyl (C=O) groups is 1. The number of rotatable bonds is 7. The molecule has 0 saturated carbocycles. The van der Waals surface area contributed by atoms with Gasteiger partial charge < -0.3 is 24.4 Å². The van der Waals surface area contributed by atoms with E-state index in [1.54, 1.807) is 18.2 Å². The number of anilines is 2. The molecule has 0 aromatic heterocycles. The molecule has 2 aromatic rings. The van der Waals surface area contributed by atoms with Gasteiger partial charge in [-0.15, -0.1) is 0 Å². The summed E-state index contributed by atoms with van der Waals surface area (Å²) in [6.45, 7) is -0.584. The molecular weight excluding hydrogens is 444 g/mol. The summed E-state index contributed by atoms with van der Waals surface area (Å²) in [5.41, 5.74) is 1.43. The van der Waals surface area contributed by atoms with Crippen molar-refractivity contribution in [1.29, 1.82) is 5.26 Å². The van der Waals surface area contributed by atoms with Gasteiger partial charge in [-0.1, -0.05) is 17.7 Å². The SMILES string of the molecule is COc1cc(/C=C(\C#N)C(=O)Nc2cc(Cl)ccc2N2CCOCC2)ccc1OC(F)F. The quantitative estimate of drug-likeness (QED) is 0.486. The lowest BCUT2D eigenvalue weighted by Crippen LogP contribution is -2.36. The van der Waals surface area contributed by atoms with Crippen LogP contribution in [0.15, 0.2) is 42.0 Å². The number of nitriles is 1. The summed E-state index contributed by atoms with van der Waals surface area (Å²) < 4.78 is 39.8. The summed E-state index contributed by atoms with van der Waals surface area (Å²) in [6.07, 6.45) is 1.32. The van der Waals surface area contributed by atoms with Crippen LogP contribution in [0.25, 0.3) is 6.08 Å². The van der Waals surface area contributed by atoms with E-state index in [2.05, 4.69) is 15.0 Å². The lowest BCUT2D eigenvalue weighted by atomic mass is 10.1. The van der Waals surface area contributed by atoms with Gasteiger partial charge in [0.15, 0.2) is 11.5 Å². The third-order valence-electron chi connectivity index (χ3n) is 4.64. The second-order valence-electron chi connectivity index (χ2n) is 6.67. The first-order chi connectivity index (χ1) is 15.4. The number of alkyl halides is 2. The molecule has 0 radical (unpaired) electrons. The van der Waals surface area contributed by atoms with Crippen molar-refractivity contribution in [3.05, 3.63) is 52.6 Å². The first-order valence-electron chi connectivity index (χ1n) is 9.59. The molecule has 3 rings (SSSR count). The third kappa shape index (κ3) is 5.87. The number of amides is 1. The summed E-state index contributed by atoms with van der Waals surface area (Å²) in [6, 6.07) is 11.1. The second kappa shape index (κ2) is 10.8. The first-order valence-corrected chi connectivity index (χ1v) is 9.97. The number of hydrogen-bond acceptors (Lipinski definition) is 6. The minimum absolute atomic E-state index is 0.0428. The van der Waals surface area contributed by atoms with Crippen LogP contribution in [0.4, 0.5) is 20.2 Å². The largest absolute Gasteiger partial charge is 0.493 e. The zero-order valence-electron chi connectivity index (χ0n) is 17.1. The van der Waals surface area contributed by atoms with E-state index in [1.165, 1.54) is 31.4 Å².